The number of hydrazine groups is 1. The zero-order valence-electron chi connectivity index (χ0n) is 5.90. The van der Waals surface area contributed by atoms with Gasteiger partial charge in [-0.25, -0.2) is 5.84 Å². The van der Waals surface area contributed by atoms with Gasteiger partial charge in [0.15, 0.2) is 0 Å². The monoisotopic (exact) mass is 156 g/mol. The molecule has 1 aromatic heterocycles. The summed E-state index contributed by atoms with van der Waals surface area (Å²) in [6.07, 6.45) is 1.37. The quantitative estimate of drug-likeness (QED) is 0.268. The lowest BCUT2D eigenvalue weighted by Crippen LogP contribution is -2.29. The lowest BCUT2D eigenvalue weighted by Gasteiger charge is -1.92. The second kappa shape index (κ2) is 2.59. The highest BCUT2D eigenvalue weighted by Crippen LogP contribution is 2.11. The predicted molar refractivity (Wildman–Crippen MR) is 36.5 cm³/mol. The molecule has 6 heteroatoms. The summed E-state index contributed by atoms with van der Waals surface area (Å²) in [5, 5.41) is 12.5. The maximum absolute atomic E-state index is 10.8. The van der Waals surface area contributed by atoms with E-state index >= 15 is 0 Å². The van der Waals surface area contributed by atoms with Gasteiger partial charge >= 0.3 is 0 Å². The fourth-order valence-corrected chi connectivity index (χ4v) is 0.715. The van der Waals surface area contributed by atoms with Crippen LogP contribution in [0.2, 0.25) is 0 Å². The van der Waals surface area contributed by atoms with Crippen molar-refractivity contribution in [2.24, 2.45) is 12.9 Å². The molecule has 0 spiro atoms. The summed E-state index contributed by atoms with van der Waals surface area (Å²) in [5.41, 5.74) is 1.95. The number of carbonyl (C=O) groups is 1. The Bertz CT molecular complexity index is 280. The lowest BCUT2D eigenvalue weighted by molar-refractivity contribution is 0.0951. The minimum atomic E-state index is -0.560. The summed E-state index contributed by atoms with van der Waals surface area (Å²) in [4.78, 5) is 10.8. The number of aromatic nitrogens is 2. The molecule has 1 aromatic rings. The Kier molecular flexibility index (Phi) is 1.77. The first-order chi connectivity index (χ1) is 5.15. The van der Waals surface area contributed by atoms with Crippen LogP contribution in [0, 0.1) is 0 Å². The Labute approximate surface area is 62.6 Å². The predicted octanol–water partition coefficient (Wildman–Crippen LogP) is -1.27. The smallest absolute Gasteiger partial charge is 0.272 e. The fourth-order valence-electron chi connectivity index (χ4n) is 0.715. The summed E-state index contributed by atoms with van der Waals surface area (Å²) < 4.78 is 1.32. The molecule has 0 saturated heterocycles. The molecule has 1 rings (SSSR count). The second-order valence-corrected chi connectivity index (χ2v) is 2.01. The van der Waals surface area contributed by atoms with Gasteiger partial charge in [0.2, 0.25) is 5.88 Å². The molecular formula is C5H8N4O2. The Balaban J connectivity index is 3.03. The molecule has 0 atom stereocenters. The Morgan fingerprint density at radius 2 is 2.55 bits per heavy atom. The number of carbonyl (C=O) groups excluding carboxylic acids is 1. The van der Waals surface area contributed by atoms with Crippen LogP contribution >= 0.6 is 0 Å². The van der Waals surface area contributed by atoms with Crippen molar-refractivity contribution < 1.29 is 9.90 Å². The van der Waals surface area contributed by atoms with Crippen LogP contribution in [0.3, 0.4) is 0 Å². The number of nitrogens with one attached hydrogen (secondary N) is 1. The van der Waals surface area contributed by atoms with Crippen LogP contribution < -0.4 is 11.3 Å². The summed E-state index contributed by atoms with van der Waals surface area (Å²) >= 11 is 0. The third-order valence-electron chi connectivity index (χ3n) is 1.19. The highest BCUT2D eigenvalue weighted by molar-refractivity contribution is 5.95. The van der Waals surface area contributed by atoms with Crippen LogP contribution in [0.4, 0.5) is 0 Å². The maximum atomic E-state index is 10.8. The van der Waals surface area contributed by atoms with Gasteiger partial charge in [-0.1, -0.05) is 0 Å². The van der Waals surface area contributed by atoms with Crippen LogP contribution in [0.1, 0.15) is 10.4 Å². The van der Waals surface area contributed by atoms with Crippen molar-refractivity contribution in [2.45, 2.75) is 0 Å². The average molecular weight is 156 g/mol. The number of aromatic hydroxyl groups is 1. The van der Waals surface area contributed by atoms with Gasteiger partial charge in [-0.05, 0) is 0 Å². The van der Waals surface area contributed by atoms with E-state index in [9.17, 15) is 4.79 Å². The number of amides is 1. The number of rotatable bonds is 1. The molecule has 4 N–H and O–H groups in total. The van der Waals surface area contributed by atoms with Gasteiger partial charge < -0.3 is 5.11 Å². The SMILES string of the molecule is Cn1cc(C(=O)NN)c(O)n1. The Morgan fingerprint density at radius 3 is 2.91 bits per heavy atom. The van der Waals surface area contributed by atoms with Gasteiger partial charge in [0.25, 0.3) is 5.91 Å². The third-order valence-corrected chi connectivity index (χ3v) is 1.19. The molecule has 0 unspecified atom stereocenters. The van der Waals surface area contributed by atoms with E-state index in [0.29, 0.717) is 0 Å². The molecule has 11 heavy (non-hydrogen) atoms. The van der Waals surface area contributed by atoms with E-state index < -0.39 is 5.91 Å². The standard InChI is InChI=1S/C5H8N4O2/c1-9-2-3(4(10)7-6)5(11)8-9/h2H,6H2,1H3,(H,7,10)(H,8,11). The molecule has 0 aliphatic carbocycles. The number of hydrogen-bond acceptors (Lipinski definition) is 4. The van der Waals surface area contributed by atoms with E-state index in [1.165, 1.54) is 10.9 Å². The van der Waals surface area contributed by atoms with E-state index in [1.807, 2.05) is 5.43 Å². The van der Waals surface area contributed by atoms with Gasteiger partial charge in [0.05, 0.1) is 0 Å². The minimum absolute atomic E-state index is 0.0648. The largest absolute Gasteiger partial charge is 0.492 e. The van der Waals surface area contributed by atoms with E-state index in [2.05, 4.69) is 5.10 Å². The molecule has 6 nitrogen and oxygen atoms in total. The molecular weight excluding hydrogens is 148 g/mol. The number of hydrogen-bond donors (Lipinski definition) is 3. The van der Waals surface area contributed by atoms with Crippen molar-refractivity contribution in [2.75, 3.05) is 0 Å². The molecule has 0 bridgehead atoms. The average Bonchev–Trinajstić information content (AvgIpc) is 2.28. The first kappa shape index (κ1) is 7.55. The minimum Gasteiger partial charge on any atom is -0.492 e. The Hall–Kier alpha value is -1.56. The van der Waals surface area contributed by atoms with Crippen molar-refractivity contribution in [3.63, 3.8) is 0 Å². The van der Waals surface area contributed by atoms with Crippen LogP contribution in [0.15, 0.2) is 6.20 Å². The van der Waals surface area contributed by atoms with E-state index in [-0.39, 0.29) is 11.4 Å². The number of aryl methyl sites for hydroxylation is 1. The van der Waals surface area contributed by atoms with Crippen LogP contribution in [-0.4, -0.2) is 20.8 Å². The van der Waals surface area contributed by atoms with Crippen LogP contribution in [0.5, 0.6) is 5.88 Å². The first-order valence-electron chi connectivity index (χ1n) is 2.88. The Morgan fingerprint density at radius 1 is 1.91 bits per heavy atom. The zero-order chi connectivity index (χ0) is 8.43. The first-order valence-corrected chi connectivity index (χ1v) is 2.88. The molecule has 0 aliphatic heterocycles. The van der Waals surface area contributed by atoms with Gasteiger partial charge in [0.1, 0.15) is 5.56 Å². The molecule has 60 valence electrons. The van der Waals surface area contributed by atoms with Gasteiger partial charge in [-0.2, -0.15) is 0 Å². The van der Waals surface area contributed by atoms with Crippen molar-refractivity contribution in [3.8, 4) is 5.88 Å². The van der Waals surface area contributed by atoms with Gasteiger partial charge in [-0.15, -0.1) is 5.10 Å². The van der Waals surface area contributed by atoms with E-state index in [0.717, 1.165) is 0 Å². The molecule has 0 saturated carbocycles. The van der Waals surface area contributed by atoms with Crippen LogP contribution in [0.25, 0.3) is 0 Å². The summed E-state index contributed by atoms with van der Waals surface area (Å²) in [5.74, 6) is 3.95. The molecule has 1 heterocycles. The molecule has 0 radical (unpaired) electrons. The number of nitrogen functional groups attached to an aromatic ring is 1. The fraction of sp³-hybridized carbons (Fsp3) is 0.200. The van der Waals surface area contributed by atoms with Gasteiger partial charge in [0, 0.05) is 13.2 Å². The van der Waals surface area contributed by atoms with Crippen LogP contribution in [-0.2, 0) is 7.05 Å². The van der Waals surface area contributed by atoms with Crippen molar-refractivity contribution >= 4 is 5.91 Å². The highest BCUT2D eigenvalue weighted by Gasteiger charge is 2.12. The zero-order valence-corrected chi connectivity index (χ0v) is 5.90. The maximum Gasteiger partial charge on any atom is 0.272 e. The number of nitrogens with two attached hydrogens (primary N) is 1. The highest BCUT2D eigenvalue weighted by atomic mass is 16.3. The lowest BCUT2D eigenvalue weighted by atomic mass is 10.3. The molecule has 0 aromatic carbocycles. The second-order valence-electron chi connectivity index (χ2n) is 2.01. The summed E-state index contributed by atoms with van der Waals surface area (Å²) in [6, 6.07) is 0. The molecule has 0 aliphatic rings. The van der Waals surface area contributed by atoms with Crippen molar-refractivity contribution in [3.05, 3.63) is 11.8 Å². The normalized spacial score (nSPS) is 9.64. The topological polar surface area (TPSA) is 93.2 Å². The molecule has 0 fully saturated rings. The van der Waals surface area contributed by atoms with E-state index in [1.54, 1.807) is 7.05 Å². The summed E-state index contributed by atoms with van der Waals surface area (Å²) in [7, 11) is 1.59. The third kappa shape index (κ3) is 1.30. The van der Waals surface area contributed by atoms with Crippen molar-refractivity contribution in [1.29, 1.82) is 0 Å². The van der Waals surface area contributed by atoms with Crippen molar-refractivity contribution in [1.82, 2.24) is 15.2 Å². The van der Waals surface area contributed by atoms with Gasteiger partial charge in [-0.3, -0.25) is 14.9 Å². The van der Waals surface area contributed by atoms with E-state index in [4.69, 9.17) is 10.9 Å². The molecule has 1 amide bonds. The number of nitrogens with zero attached hydrogens (tertiary/aromatic N) is 2. The summed E-state index contributed by atoms with van der Waals surface area (Å²) in [6.45, 7) is 0.